The lowest BCUT2D eigenvalue weighted by Crippen LogP contribution is -2.10. The van der Waals surface area contributed by atoms with Crippen LogP contribution in [0.15, 0.2) is 29.0 Å². The molecule has 0 unspecified atom stereocenters. The third kappa shape index (κ3) is 1.15. The summed E-state index contributed by atoms with van der Waals surface area (Å²) in [4.78, 5) is 19.1. The predicted octanol–water partition coefficient (Wildman–Crippen LogP) is 0.858. The molecule has 0 bridgehead atoms. The molecule has 13 heavy (non-hydrogen) atoms. The van der Waals surface area contributed by atoms with Crippen LogP contribution in [0.5, 0.6) is 0 Å². The van der Waals surface area contributed by atoms with E-state index in [1.165, 1.54) is 6.39 Å². The van der Waals surface area contributed by atoms with E-state index >= 15 is 0 Å². The number of hydrogen-bond acceptors (Lipinski definition) is 5. The topological polar surface area (TPSA) is 78.4 Å². The summed E-state index contributed by atoms with van der Waals surface area (Å²) >= 11 is 0. The molecule has 66 valence electrons. The van der Waals surface area contributed by atoms with Gasteiger partial charge in [-0.1, -0.05) is 6.07 Å². The van der Waals surface area contributed by atoms with Gasteiger partial charge in [0.2, 0.25) is 0 Å². The summed E-state index contributed by atoms with van der Waals surface area (Å²) in [5.41, 5.74) is 1.29. The second-order valence-corrected chi connectivity index (χ2v) is 2.41. The van der Waals surface area contributed by atoms with Crippen LogP contribution in [0.25, 0.3) is 11.1 Å². The fourth-order valence-corrected chi connectivity index (χ4v) is 1.11. The van der Waals surface area contributed by atoms with Crippen molar-refractivity contribution in [3.63, 3.8) is 0 Å². The Labute approximate surface area is 73.1 Å². The molecule has 1 aromatic heterocycles. The van der Waals surface area contributed by atoms with Crippen molar-refractivity contribution in [3.05, 3.63) is 30.2 Å². The lowest BCUT2D eigenvalue weighted by Gasteiger charge is -1.96. The van der Waals surface area contributed by atoms with Gasteiger partial charge in [-0.15, -0.1) is 0 Å². The molecule has 0 saturated carbocycles. The fourth-order valence-electron chi connectivity index (χ4n) is 1.11. The van der Waals surface area contributed by atoms with Crippen LogP contribution in [0.3, 0.4) is 0 Å². The Morgan fingerprint density at radius 2 is 2.38 bits per heavy atom. The summed E-state index contributed by atoms with van der Waals surface area (Å²) in [7, 11) is 0. The van der Waals surface area contributed by atoms with E-state index in [1.807, 2.05) is 0 Å². The van der Waals surface area contributed by atoms with E-state index in [9.17, 15) is 4.79 Å². The van der Waals surface area contributed by atoms with E-state index < -0.39 is 5.97 Å². The molecular weight excluding hydrogens is 172 g/mol. The highest BCUT2D eigenvalue weighted by Gasteiger charge is 2.12. The molecule has 1 aromatic carbocycles. The zero-order chi connectivity index (χ0) is 9.26. The van der Waals surface area contributed by atoms with E-state index in [4.69, 9.17) is 10.3 Å². The molecule has 2 N–H and O–H groups in total. The van der Waals surface area contributed by atoms with Gasteiger partial charge in [0.25, 0.3) is 0 Å². The van der Waals surface area contributed by atoms with Crippen molar-refractivity contribution in [1.29, 1.82) is 0 Å². The first-order valence-corrected chi connectivity index (χ1v) is 3.56. The van der Waals surface area contributed by atoms with Gasteiger partial charge in [0.1, 0.15) is 5.52 Å². The van der Waals surface area contributed by atoms with Crippen LogP contribution >= 0.6 is 0 Å². The third-order valence-corrected chi connectivity index (χ3v) is 1.69. The third-order valence-electron chi connectivity index (χ3n) is 1.69. The van der Waals surface area contributed by atoms with Crippen LogP contribution in [-0.4, -0.2) is 11.0 Å². The average molecular weight is 178 g/mol. The molecule has 0 saturated heterocycles. The summed E-state index contributed by atoms with van der Waals surface area (Å²) in [5.74, 6) is 4.13. The largest absolute Gasteiger partial charge is 0.443 e. The molecule has 0 aliphatic rings. The molecule has 5 heteroatoms. The molecule has 0 aliphatic carbocycles. The van der Waals surface area contributed by atoms with Gasteiger partial charge in [-0.2, -0.15) is 5.90 Å². The molecular formula is C8H6N2O3. The van der Waals surface area contributed by atoms with Gasteiger partial charge in [0.15, 0.2) is 12.0 Å². The molecule has 0 aliphatic heterocycles. The monoisotopic (exact) mass is 178 g/mol. The highest BCUT2D eigenvalue weighted by Crippen LogP contribution is 2.16. The lowest BCUT2D eigenvalue weighted by molar-refractivity contribution is 0.0505. The number of nitrogens with zero attached hydrogens (tertiary/aromatic N) is 1. The Balaban J connectivity index is 2.67. The van der Waals surface area contributed by atoms with Crippen LogP contribution in [0.2, 0.25) is 0 Å². The number of para-hydroxylation sites is 1. The Hall–Kier alpha value is -1.88. The van der Waals surface area contributed by atoms with Gasteiger partial charge < -0.3 is 9.25 Å². The summed E-state index contributed by atoms with van der Waals surface area (Å²) in [6.45, 7) is 0. The minimum Gasteiger partial charge on any atom is -0.443 e. The number of oxazole rings is 1. The molecule has 2 aromatic rings. The Morgan fingerprint density at radius 1 is 1.54 bits per heavy atom. The summed E-state index contributed by atoms with van der Waals surface area (Å²) < 4.78 is 4.99. The molecule has 0 spiro atoms. The normalized spacial score (nSPS) is 10.2. The van der Waals surface area contributed by atoms with Crippen LogP contribution in [0, 0.1) is 0 Å². The molecule has 1 heterocycles. The fraction of sp³-hybridized carbons (Fsp3) is 0. The van der Waals surface area contributed by atoms with Crippen LogP contribution in [-0.2, 0) is 4.84 Å². The summed E-state index contributed by atoms with van der Waals surface area (Å²) in [5, 5.41) is 0. The summed E-state index contributed by atoms with van der Waals surface area (Å²) in [6.07, 6.45) is 1.26. The van der Waals surface area contributed by atoms with Gasteiger partial charge in [0.05, 0.1) is 5.56 Å². The maximum atomic E-state index is 11.1. The lowest BCUT2D eigenvalue weighted by atomic mass is 10.2. The standard InChI is InChI=1S/C8H6N2O3/c9-13-8(11)5-2-1-3-6-7(5)10-4-12-6/h1-4H,9H2. The highest BCUT2D eigenvalue weighted by molar-refractivity contribution is 6.01. The molecule has 0 fully saturated rings. The maximum Gasteiger partial charge on any atom is 0.358 e. The van der Waals surface area contributed by atoms with Crippen LogP contribution in [0.4, 0.5) is 0 Å². The first-order valence-electron chi connectivity index (χ1n) is 3.56. The highest BCUT2D eigenvalue weighted by atomic mass is 16.7. The van der Waals surface area contributed by atoms with Crippen LogP contribution < -0.4 is 5.90 Å². The Bertz CT molecular complexity index is 449. The number of aromatic nitrogens is 1. The van der Waals surface area contributed by atoms with Gasteiger partial charge in [-0.3, -0.25) is 0 Å². The Kier molecular flexibility index (Phi) is 1.71. The number of fused-ring (bicyclic) bond motifs is 1. The maximum absolute atomic E-state index is 11.1. The van der Waals surface area contributed by atoms with Crippen molar-refractivity contribution >= 4 is 17.1 Å². The van der Waals surface area contributed by atoms with Crippen molar-refractivity contribution in [2.45, 2.75) is 0 Å². The minimum absolute atomic E-state index is 0.300. The number of carbonyl (C=O) groups is 1. The first kappa shape index (κ1) is 7.75. The SMILES string of the molecule is NOC(=O)c1cccc2ocnc12. The zero-order valence-electron chi connectivity index (χ0n) is 6.56. The van der Waals surface area contributed by atoms with Crippen molar-refractivity contribution in [2.75, 3.05) is 0 Å². The minimum atomic E-state index is -0.625. The van der Waals surface area contributed by atoms with E-state index in [1.54, 1.807) is 18.2 Å². The smallest absolute Gasteiger partial charge is 0.358 e. The van der Waals surface area contributed by atoms with Crippen molar-refractivity contribution < 1.29 is 14.0 Å². The second kappa shape index (κ2) is 2.87. The van der Waals surface area contributed by atoms with Crippen molar-refractivity contribution in [3.8, 4) is 0 Å². The van der Waals surface area contributed by atoms with Crippen molar-refractivity contribution in [1.82, 2.24) is 4.98 Å². The predicted molar refractivity (Wildman–Crippen MR) is 43.6 cm³/mol. The number of hydrogen-bond donors (Lipinski definition) is 1. The number of carbonyl (C=O) groups excluding carboxylic acids is 1. The van der Waals surface area contributed by atoms with E-state index in [-0.39, 0.29) is 0 Å². The molecule has 5 nitrogen and oxygen atoms in total. The van der Waals surface area contributed by atoms with Gasteiger partial charge >= 0.3 is 5.97 Å². The first-order chi connectivity index (χ1) is 6.33. The molecule has 0 amide bonds. The quantitative estimate of drug-likeness (QED) is 0.655. The van der Waals surface area contributed by atoms with E-state index in [0.29, 0.717) is 16.7 Å². The number of rotatable bonds is 1. The summed E-state index contributed by atoms with van der Waals surface area (Å²) in [6, 6.07) is 4.94. The molecule has 0 radical (unpaired) electrons. The van der Waals surface area contributed by atoms with Gasteiger partial charge in [0, 0.05) is 0 Å². The number of benzene rings is 1. The molecule has 2 rings (SSSR count). The van der Waals surface area contributed by atoms with E-state index in [2.05, 4.69) is 9.82 Å². The number of nitrogens with two attached hydrogens (primary N) is 1. The van der Waals surface area contributed by atoms with E-state index in [0.717, 1.165) is 0 Å². The van der Waals surface area contributed by atoms with Gasteiger partial charge in [-0.25, -0.2) is 9.78 Å². The zero-order valence-corrected chi connectivity index (χ0v) is 6.56. The molecule has 0 atom stereocenters. The Morgan fingerprint density at radius 3 is 3.15 bits per heavy atom. The van der Waals surface area contributed by atoms with Crippen molar-refractivity contribution in [2.24, 2.45) is 5.90 Å². The average Bonchev–Trinajstić information content (AvgIpc) is 2.63. The second-order valence-electron chi connectivity index (χ2n) is 2.41. The van der Waals surface area contributed by atoms with Crippen LogP contribution in [0.1, 0.15) is 10.4 Å². The van der Waals surface area contributed by atoms with Gasteiger partial charge in [-0.05, 0) is 12.1 Å².